The van der Waals surface area contributed by atoms with Crippen LogP contribution in [0.1, 0.15) is 12.0 Å². The summed E-state index contributed by atoms with van der Waals surface area (Å²) >= 11 is 5.38. The molecule has 0 bridgehead atoms. The second-order valence-electron chi connectivity index (χ2n) is 4.54. The predicted molar refractivity (Wildman–Crippen MR) is 85.8 cm³/mol. The quantitative estimate of drug-likeness (QED) is 0.733. The summed E-state index contributed by atoms with van der Waals surface area (Å²) in [7, 11) is 0. The molecule has 0 atom stereocenters. The molecule has 20 heavy (non-hydrogen) atoms. The molecule has 3 rings (SSSR count). The van der Waals surface area contributed by atoms with Crippen LogP contribution in [-0.4, -0.2) is 13.2 Å². The fourth-order valence-corrected chi connectivity index (χ4v) is 3.55. The molecule has 1 aliphatic heterocycles. The van der Waals surface area contributed by atoms with Gasteiger partial charge in [0.1, 0.15) is 0 Å². The zero-order valence-electron chi connectivity index (χ0n) is 11.0. The lowest BCUT2D eigenvalue weighted by molar-refractivity contribution is 0.297. The van der Waals surface area contributed by atoms with Crippen LogP contribution in [0.4, 0.5) is 0 Å². The number of hydrogen-bond donors (Lipinski definition) is 0. The SMILES string of the molecule is Brc1ccccc1CSc1ccc2c(c1)OCCCO2. The van der Waals surface area contributed by atoms with Crippen molar-refractivity contribution in [2.24, 2.45) is 0 Å². The van der Waals surface area contributed by atoms with E-state index in [-0.39, 0.29) is 0 Å². The Balaban J connectivity index is 1.72. The maximum Gasteiger partial charge on any atom is 0.162 e. The summed E-state index contributed by atoms with van der Waals surface area (Å²) in [5.74, 6) is 2.65. The van der Waals surface area contributed by atoms with E-state index in [2.05, 4.69) is 46.3 Å². The average molecular weight is 351 g/mol. The van der Waals surface area contributed by atoms with Gasteiger partial charge in [-0.25, -0.2) is 0 Å². The minimum absolute atomic E-state index is 0.728. The smallest absolute Gasteiger partial charge is 0.162 e. The van der Waals surface area contributed by atoms with Gasteiger partial charge in [0.15, 0.2) is 11.5 Å². The highest BCUT2D eigenvalue weighted by Gasteiger charge is 2.11. The third kappa shape index (κ3) is 3.30. The molecule has 0 unspecified atom stereocenters. The van der Waals surface area contributed by atoms with Crippen LogP contribution < -0.4 is 9.47 Å². The predicted octanol–water partition coefficient (Wildman–Crippen LogP) is 4.90. The van der Waals surface area contributed by atoms with Crippen molar-refractivity contribution in [2.45, 2.75) is 17.1 Å². The zero-order chi connectivity index (χ0) is 13.8. The lowest BCUT2D eigenvalue weighted by atomic mass is 10.2. The van der Waals surface area contributed by atoms with Crippen molar-refractivity contribution in [3.05, 3.63) is 52.5 Å². The van der Waals surface area contributed by atoms with E-state index in [1.54, 1.807) is 11.8 Å². The van der Waals surface area contributed by atoms with Crippen molar-refractivity contribution < 1.29 is 9.47 Å². The minimum atomic E-state index is 0.728. The largest absolute Gasteiger partial charge is 0.490 e. The fraction of sp³-hybridized carbons (Fsp3) is 0.250. The topological polar surface area (TPSA) is 18.5 Å². The minimum Gasteiger partial charge on any atom is -0.490 e. The van der Waals surface area contributed by atoms with E-state index in [9.17, 15) is 0 Å². The maximum absolute atomic E-state index is 5.72. The van der Waals surface area contributed by atoms with Crippen molar-refractivity contribution >= 4 is 27.7 Å². The Morgan fingerprint density at radius 3 is 2.65 bits per heavy atom. The average Bonchev–Trinajstić information content (AvgIpc) is 2.71. The summed E-state index contributed by atoms with van der Waals surface area (Å²) in [4.78, 5) is 1.20. The molecule has 0 saturated carbocycles. The molecule has 0 aliphatic carbocycles. The van der Waals surface area contributed by atoms with Gasteiger partial charge in [-0.2, -0.15) is 0 Å². The van der Waals surface area contributed by atoms with E-state index in [1.165, 1.54) is 10.5 Å². The molecule has 0 saturated heterocycles. The van der Waals surface area contributed by atoms with Gasteiger partial charge in [-0.15, -0.1) is 11.8 Å². The Morgan fingerprint density at radius 2 is 1.80 bits per heavy atom. The summed E-state index contributed by atoms with van der Waals surface area (Å²) in [6.07, 6.45) is 0.939. The molecule has 2 aromatic rings. The highest BCUT2D eigenvalue weighted by atomic mass is 79.9. The van der Waals surface area contributed by atoms with Crippen molar-refractivity contribution in [2.75, 3.05) is 13.2 Å². The number of hydrogen-bond acceptors (Lipinski definition) is 3. The second-order valence-corrected chi connectivity index (χ2v) is 6.44. The molecule has 0 N–H and O–H groups in total. The standard InChI is InChI=1S/C16H15BrO2S/c17-14-5-2-1-4-12(14)11-20-13-6-7-15-16(10-13)19-9-3-8-18-15/h1-2,4-7,10H,3,8-9,11H2. The van der Waals surface area contributed by atoms with Gasteiger partial charge in [-0.05, 0) is 29.8 Å². The third-order valence-electron chi connectivity index (χ3n) is 3.07. The molecule has 2 nitrogen and oxygen atoms in total. The number of rotatable bonds is 3. The Hall–Kier alpha value is -1.13. The molecule has 0 fully saturated rings. The normalized spacial score (nSPS) is 13.8. The van der Waals surface area contributed by atoms with E-state index in [4.69, 9.17) is 9.47 Å². The van der Waals surface area contributed by atoms with E-state index in [0.29, 0.717) is 0 Å². The summed E-state index contributed by atoms with van der Waals surface area (Å²) in [6.45, 7) is 1.46. The number of ether oxygens (including phenoxy) is 2. The van der Waals surface area contributed by atoms with Gasteiger partial charge in [0.05, 0.1) is 13.2 Å². The second kappa shape index (κ2) is 6.55. The molecule has 0 spiro atoms. The maximum atomic E-state index is 5.72. The molecular formula is C16H15BrO2S. The van der Waals surface area contributed by atoms with Crippen molar-refractivity contribution in [1.82, 2.24) is 0 Å². The van der Waals surface area contributed by atoms with Crippen molar-refractivity contribution in [3.63, 3.8) is 0 Å². The van der Waals surface area contributed by atoms with Gasteiger partial charge >= 0.3 is 0 Å². The summed E-state index contributed by atoms with van der Waals surface area (Å²) in [5, 5.41) is 0. The third-order valence-corrected chi connectivity index (χ3v) is 4.89. The lowest BCUT2D eigenvalue weighted by Crippen LogP contribution is -1.97. The van der Waals surface area contributed by atoms with Crippen LogP contribution in [0.5, 0.6) is 11.5 Å². The summed E-state index contributed by atoms with van der Waals surface area (Å²) < 4.78 is 12.5. The van der Waals surface area contributed by atoms with E-state index >= 15 is 0 Å². The first kappa shape index (κ1) is 13.8. The Kier molecular flexibility index (Phi) is 4.53. The lowest BCUT2D eigenvalue weighted by Gasteiger charge is -2.09. The van der Waals surface area contributed by atoms with Crippen LogP contribution in [0.15, 0.2) is 51.8 Å². The van der Waals surface area contributed by atoms with Gasteiger partial charge in [0, 0.05) is 21.5 Å². The highest BCUT2D eigenvalue weighted by Crippen LogP contribution is 2.35. The van der Waals surface area contributed by atoms with Gasteiger partial charge in [-0.1, -0.05) is 34.1 Å². The molecular weight excluding hydrogens is 336 g/mol. The van der Waals surface area contributed by atoms with Crippen LogP contribution in [-0.2, 0) is 5.75 Å². The summed E-state index contributed by atoms with van der Waals surface area (Å²) in [5.41, 5.74) is 1.30. The van der Waals surface area contributed by atoms with Gasteiger partial charge < -0.3 is 9.47 Å². The zero-order valence-corrected chi connectivity index (χ0v) is 13.4. The number of fused-ring (bicyclic) bond motifs is 1. The van der Waals surface area contributed by atoms with Crippen molar-refractivity contribution in [1.29, 1.82) is 0 Å². The Bertz CT molecular complexity index is 601. The first-order valence-electron chi connectivity index (χ1n) is 6.59. The van der Waals surface area contributed by atoms with Crippen LogP contribution in [0.3, 0.4) is 0 Å². The van der Waals surface area contributed by atoms with E-state index in [1.807, 2.05) is 12.1 Å². The fourth-order valence-electron chi connectivity index (χ4n) is 2.01. The first-order chi connectivity index (χ1) is 9.83. The van der Waals surface area contributed by atoms with Gasteiger partial charge in [0.2, 0.25) is 0 Å². The van der Waals surface area contributed by atoms with Crippen LogP contribution in [0.2, 0.25) is 0 Å². The van der Waals surface area contributed by atoms with Crippen molar-refractivity contribution in [3.8, 4) is 11.5 Å². The number of benzene rings is 2. The van der Waals surface area contributed by atoms with E-state index in [0.717, 1.165) is 41.4 Å². The number of halogens is 1. The van der Waals surface area contributed by atoms with Gasteiger partial charge in [-0.3, -0.25) is 0 Å². The molecule has 2 aromatic carbocycles. The number of thioether (sulfide) groups is 1. The Morgan fingerprint density at radius 1 is 1.00 bits per heavy atom. The highest BCUT2D eigenvalue weighted by molar-refractivity contribution is 9.10. The van der Waals surface area contributed by atoms with E-state index < -0.39 is 0 Å². The molecule has 104 valence electrons. The van der Waals surface area contributed by atoms with Crippen LogP contribution >= 0.6 is 27.7 Å². The monoisotopic (exact) mass is 350 g/mol. The van der Waals surface area contributed by atoms with Crippen LogP contribution in [0.25, 0.3) is 0 Å². The Labute approximate surface area is 131 Å². The molecule has 1 aliphatic rings. The molecule has 1 heterocycles. The summed E-state index contributed by atoms with van der Waals surface area (Å²) in [6, 6.07) is 14.5. The molecule has 0 aromatic heterocycles. The van der Waals surface area contributed by atoms with Crippen LogP contribution in [0, 0.1) is 0 Å². The molecule has 4 heteroatoms. The van der Waals surface area contributed by atoms with Gasteiger partial charge in [0.25, 0.3) is 0 Å². The first-order valence-corrected chi connectivity index (χ1v) is 8.36. The molecule has 0 amide bonds. The molecule has 0 radical (unpaired) electrons.